The molecule has 1 amide bonds. The number of aromatic nitrogens is 3. The van der Waals surface area contributed by atoms with E-state index in [1.807, 2.05) is 61.5 Å². The van der Waals surface area contributed by atoms with Crippen LogP contribution in [0.15, 0.2) is 85.1 Å². The van der Waals surface area contributed by atoms with Crippen molar-refractivity contribution in [3.63, 3.8) is 0 Å². The first-order valence-corrected chi connectivity index (χ1v) is 10.6. The molecule has 0 unspecified atom stereocenters. The Morgan fingerprint density at radius 1 is 0.848 bits per heavy atom. The normalized spacial score (nSPS) is 10.7. The molecular formula is C25H21ClN6O. The first-order valence-electron chi connectivity index (χ1n) is 10.2. The standard InChI is InChI=1S/C25H21ClN6O/c1-17-28-23(16-24(29-17)32-22-4-2-3-15-27-22)30-20-10-12-21(13-11-20)31-25(33)14-7-18-5-8-19(26)9-6-18/h2-16H,1H3,(H,31,33)(H2,27,28,29,30,32)/b14-7+. The van der Waals surface area contributed by atoms with Gasteiger partial charge >= 0.3 is 0 Å². The van der Waals surface area contributed by atoms with Crippen molar-refractivity contribution in [3.8, 4) is 0 Å². The van der Waals surface area contributed by atoms with Gasteiger partial charge in [0.2, 0.25) is 5.91 Å². The van der Waals surface area contributed by atoms with Crippen LogP contribution in [0.25, 0.3) is 6.08 Å². The minimum Gasteiger partial charge on any atom is -0.340 e. The molecule has 164 valence electrons. The summed E-state index contributed by atoms with van der Waals surface area (Å²) in [5.74, 6) is 2.38. The number of hydrogen-bond donors (Lipinski definition) is 3. The first-order chi connectivity index (χ1) is 16.0. The maximum absolute atomic E-state index is 12.2. The van der Waals surface area contributed by atoms with Gasteiger partial charge in [0.1, 0.15) is 23.3 Å². The lowest BCUT2D eigenvalue weighted by Gasteiger charge is -2.10. The van der Waals surface area contributed by atoms with Crippen LogP contribution in [-0.4, -0.2) is 20.9 Å². The van der Waals surface area contributed by atoms with Crippen molar-refractivity contribution >= 4 is 52.4 Å². The lowest BCUT2D eigenvalue weighted by Crippen LogP contribution is -2.07. The lowest BCUT2D eigenvalue weighted by atomic mass is 10.2. The van der Waals surface area contributed by atoms with Crippen molar-refractivity contribution in [2.24, 2.45) is 0 Å². The average Bonchev–Trinajstić information content (AvgIpc) is 2.80. The number of amides is 1. The van der Waals surface area contributed by atoms with Crippen LogP contribution >= 0.6 is 11.6 Å². The fourth-order valence-corrected chi connectivity index (χ4v) is 3.10. The minimum atomic E-state index is -0.220. The molecular weight excluding hydrogens is 436 g/mol. The van der Waals surface area contributed by atoms with E-state index in [0.29, 0.717) is 34.0 Å². The number of rotatable bonds is 7. The number of benzene rings is 2. The Morgan fingerprint density at radius 3 is 2.24 bits per heavy atom. The van der Waals surface area contributed by atoms with Gasteiger partial charge in [-0.05, 0) is 67.1 Å². The monoisotopic (exact) mass is 456 g/mol. The summed E-state index contributed by atoms with van der Waals surface area (Å²) in [7, 11) is 0. The number of hydrogen-bond acceptors (Lipinski definition) is 6. The Balaban J connectivity index is 1.37. The van der Waals surface area contributed by atoms with E-state index in [4.69, 9.17) is 11.6 Å². The van der Waals surface area contributed by atoms with Crippen LogP contribution in [-0.2, 0) is 4.79 Å². The van der Waals surface area contributed by atoms with E-state index in [2.05, 4.69) is 30.9 Å². The molecule has 4 aromatic rings. The second-order valence-corrected chi connectivity index (χ2v) is 7.54. The van der Waals surface area contributed by atoms with Crippen molar-refractivity contribution in [2.75, 3.05) is 16.0 Å². The summed E-state index contributed by atoms with van der Waals surface area (Å²) >= 11 is 5.87. The third kappa shape index (κ3) is 6.62. The molecule has 2 aromatic heterocycles. The molecule has 0 aliphatic heterocycles. The van der Waals surface area contributed by atoms with Gasteiger partial charge in [0, 0.05) is 34.7 Å². The SMILES string of the molecule is Cc1nc(Nc2ccc(NC(=O)/C=C/c3ccc(Cl)cc3)cc2)cc(Nc2ccccn2)n1. The van der Waals surface area contributed by atoms with Gasteiger partial charge in [-0.15, -0.1) is 0 Å². The van der Waals surface area contributed by atoms with Gasteiger partial charge in [-0.1, -0.05) is 29.8 Å². The molecule has 2 aromatic carbocycles. The van der Waals surface area contributed by atoms with Crippen molar-refractivity contribution in [2.45, 2.75) is 6.92 Å². The van der Waals surface area contributed by atoms with Crippen LogP contribution in [0, 0.1) is 6.92 Å². The van der Waals surface area contributed by atoms with Gasteiger partial charge in [-0.25, -0.2) is 15.0 Å². The van der Waals surface area contributed by atoms with E-state index in [9.17, 15) is 4.79 Å². The molecule has 0 saturated heterocycles. The van der Waals surface area contributed by atoms with Crippen LogP contribution in [0.4, 0.5) is 28.8 Å². The maximum Gasteiger partial charge on any atom is 0.248 e. The van der Waals surface area contributed by atoms with Gasteiger partial charge in [0.05, 0.1) is 0 Å². The highest BCUT2D eigenvalue weighted by atomic mass is 35.5. The highest BCUT2D eigenvalue weighted by molar-refractivity contribution is 6.30. The molecule has 0 aliphatic carbocycles. The molecule has 0 radical (unpaired) electrons. The molecule has 0 aliphatic rings. The number of nitrogens with one attached hydrogen (secondary N) is 3. The Labute approximate surface area is 196 Å². The van der Waals surface area contributed by atoms with E-state index in [0.717, 1.165) is 11.3 Å². The second-order valence-electron chi connectivity index (χ2n) is 7.10. The summed E-state index contributed by atoms with van der Waals surface area (Å²) < 4.78 is 0. The molecule has 0 bridgehead atoms. The molecule has 8 heteroatoms. The molecule has 0 atom stereocenters. The summed E-state index contributed by atoms with van der Waals surface area (Å²) in [6, 6.07) is 22.0. The predicted octanol–water partition coefficient (Wildman–Crippen LogP) is 5.97. The average molecular weight is 457 g/mol. The fourth-order valence-electron chi connectivity index (χ4n) is 2.98. The number of nitrogens with zero attached hydrogens (tertiary/aromatic N) is 3. The molecule has 0 spiro atoms. The maximum atomic E-state index is 12.2. The number of anilines is 5. The summed E-state index contributed by atoms with van der Waals surface area (Å²) in [5.41, 5.74) is 2.40. The zero-order chi connectivity index (χ0) is 23.0. The molecule has 7 nitrogen and oxygen atoms in total. The molecule has 0 fully saturated rings. The number of halogens is 1. The smallest absolute Gasteiger partial charge is 0.248 e. The summed E-state index contributed by atoms with van der Waals surface area (Å²) in [6.45, 7) is 1.82. The van der Waals surface area contributed by atoms with Crippen molar-refractivity contribution in [1.82, 2.24) is 15.0 Å². The quantitative estimate of drug-likeness (QED) is 0.296. The Bertz CT molecular complexity index is 1260. The summed E-state index contributed by atoms with van der Waals surface area (Å²) in [4.78, 5) is 25.3. The zero-order valence-corrected chi connectivity index (χ0v) is 18.5. The van der Waals surface area contributed by atoms with Crippen molar-refractivity contribution in [3.05, 3.63) is 101 Å². The molecule has 2 heterocycles. The molecule has 3 N–H and O–H groups in total. The van der Waals surface area contributed by atoms with Crippen molar-refractivity contribution in [1.29, 1.82) is 0 Å². The number of aryl methyl sites for hydroxylation is 1. The van der Waals surface area contributed by atoms with E-state index in [1.54, 1.807) is 30.5 Å². The van der Waals surface area contributed by atoms with Gasteiger partial charge in [-0.3, -0.25) is 4.79 Å². The lowest BCUT2D eigenvalue weighted by molar-refractivity contribution is -0.111. The van der Waals surface area contributed by atoms with Crippen LogP contribution in [0.5, 0.6) is 0 Å². The second kappa shape index (κ2) is 10.4. The minimum absolute atomic E-state index is 0.220. The van der Waals surface area contributed by atoms with Crippen molar-refractivity contribution < 1.29 is 4.79 Å². The number of pyridine rings is 1. The zero-order valence-electron chi connectivity index (χ0n) is 17.8. The molecule has 33 heavy (non-hydrogen) atoms. The summed E-state index contributed by atoms with van der Waals surface area (Å²) in [6.07, 6.45) is 4.92. The molecule has 4 rings (SSSR count). The first kappa shape index (κ1) is 22.0. The Morgan fingerprint density at radius 2 is 1.55 bits per heavy atom. The highest BCUT2D eigenvalue weighted by Gasteiger charge is 2.05. The third-order valence-corrected chi connectivity index (χ3v) is 4.73. The van der Waals surface area contributed by atoms with Gasteiger partial charge in [-0.2, -0.15) is 0 Å². The van der Waals surface area contributed by atoms with E-state index in [1.165, 1.54) is 6.08 Å². The van der Waals surface area contributed by atoms with Crippen LogP contribution in [0.1, 0.15) is 11.4 Å². The van der Waals surface area contributed by atoms with Crippen LogP contribution < -0.4 is 16.0 Å². The summed E-state index contributed by atoms with van der Waals surface area (Å²) in [5, 5.41) is 9.91. The van der Waals surface area contributed by atoms with E-state index < -0.39 is 0 Å². The molecule has 0 saturated carbocycles. The Kier molecular flexibility index (Phi) is 6.92. The topological polar surface area (TPSA) is 91.8 Å². The van der Waals surface area contributed by atoms with Crippen LogP contribution in [0.3, 0.4) is 0 Å². The van der Waals surface area contributed by atoms with Gasteiger partial charge < -0.3 is 16.0 Å². The van der Waals surface area contributed by atoms with Crippen LogP contribution in [0.2, 0.25) is 5.02 Å². The largest absolute Gasteiger partial charge is 0.340 e. The van der Waals surface area contributed by atoms with Gasteiger partial charge in [0.15, 0.2) is 0 Å². The van der Waals surface area contributed by atoms with E-state index in [-0.39, 0.29) is 5.91 Å². The van der Waals surface area contributed by atoms with Gasteiger partial charge in [0.25, 0.3) is 0 Å². The fraction of sp³-hybridized carbons (Fsp3) is 0.0400. The third-order valence-electron chi connectivity index (χ3n) is 4.48. The number of carbonyl (C=O) groups excluding carboxylic acids is 1. The predicted molar refractivity (Wildman–Crippen MR) is 133 cm³/mol. The Hall–Kier alpha value is -4.23. The van der Waals surface area contributed by atoms with E-state index >= 15 is 0 Å². The highest BCUT2D eigenvalue weighted by Crippen LogP contribution is 2.21. The number of carbonyl (C=O) groups is 1.